The number of sulfonamides is 1. The minimum absolute atomic E-state index is 0.108. The Hall–Kier alpha value is -3.84. The number of hydrogen-bond donors (Lipinski definition) is 1. The predicted molar refractivity (Wildman–Crippen MR) is 166 cm³/mol. The van der Waals surface area contributed by atoms with Crippen molar-refractivity contribution in [2.75, 3.05) is 11.4 Å². The molecule has 4 aromatic rings. The first kappa shape index (κ1) is 30.2. The van der Waals surface area contributed by atoms with Crippen LogP contribution in [0, 0.1) is 0 Å². The summed E-state index contributed by atoms with van der Waals surface area (Å²) in [6.45, 7) is 5.48. The standard InChI is InChI=1S/C30H29Cl2N7O4S/c1-18(2)36-27(40)25-8-9-37(25)44(42,43)26-16-35-29-38(24-11-22(31)10-23(32)12-24)28(41)30(3,39(26)29)13-19-4-6-20(7-5-19)21-14-33-17-34-15-21/h4-7,10-12,14-18,25H,8-9,13H2,1-3H3,(H,36,40)/t25-,30-/m1/s1. The van der Waals surface area contributed by atoms with Gasteiger partial charge < -0.3 is 5.32 Å². The highest BCUT2D eigenvalue weighted by atomic mass is 35.5. The monoisotopic (exact) mass is 653 g/mol. The van der Waals surface area contributed by atoms with Crippen molar-refractivity contribution in [3.8, 4) is 11.1 Å². The number of imidazole rings is 1. The molecular weight excluding hydrogens is 625 g/mol. The lowest BCUT2D eigenvalue weighted by molar-refractivity contribution is -0.128. The molecule has 2 aromatic heterocycles. The fourth-order valence-corrected chi connectivity index (χ4v) is 8.02. The molecule has 11 nitrogen and oxygen atoms in total. The zero-order chi connectivity index (χ0) is 31.4. The zero-order valence-corrected chi connectivity index (χ0v) is 26.4. The summed E-state index contributed by atoms with van der Waals surface area (Å²) in [5.41, 5.74) is 1.45. The van der Waals surface area contributed by atoms with Gasteiger partial charge >= 0.3 is 0 Å². The molecule has 0 aliphatic carbocycles. The number of fused-ring (bicyclic) bond motifs is 1. The summed E-state index contributed by atoms with van der Waals surface area (Å²) in [5.74, 6) is -0.668. The van der Waals surface area contributed by atoms with E-state index in [0.717, 1.165) is 21.0 Å². The van der Waals surface area contributed by atoms with Crippen LogP contribution in [0.4, 0.5) is 11.6 Å². The second-order valence-electron chi connectivity index (χ2n) is 11.4. The van der Waals surface area contributed by atoms with E-state index in [2.05, 4.69) is 20.3 Å². The summed E-state index contributed by atoms with van der Waals surface area (Å²) in [6, 6.07) is 11.2. The van der Waals surface area contributed by atoms with Crippen molar-refractivity contribution >= 4 is 56.7 Å². The maximum atomic E-state index is 14.4. The van der Waals surface area contributed by atoms with Gasteiger partial charge in [-0.25, -0.2) is 28.3 Å². The zero-order valence-electron chi connectivity index (χ0n) is 24.1. The fourth-order valence-electron chi connectivity index (χ4n) is 5.69. The van der Waals surface area contributed by atoms with E-state index in [1.54, 1.807) is 37.5 Å². The normalized spacial score (nSPS) is 20.1. The van der Waals surface area contributed by atoms with Crippen LogP contribution in [0.3, 0.4) is 0 Å². The Labute approximate surface area is 264 Å². The number of nitrogens with one attached hydrogen (secondary N) is 1. The molecule has 2 aliphatic rings. The van der Waals surface area contributed by atoms with E-state index in [1.165, 1.54) is 22.0 Å². The fraction of sp³-hybridized carbons (Fsp3) is 0.300. The lowest BCUT2D eigenvalue weighted by Crippen LogP contribution is -2.59. The van der Waals surface area contributed by atoms with Crippen molar-refractivity contribution in [2.45, 2.75) is 56.3 Å². The first-order valence-electron chi connectivity index (χ1n) is 14.0. The van der Waals surface area contributed by atoms with Gasteiger partial charge in [0.05, 0.1) is 11.9 Å². The van der Waals surface area contributed by atoms with E-state index in [1.807, 2.05) is 38.1 Å². The van der Waals surface area contributed by atoms with Gasteiger partial charge in [0.1, 0.15) is 17.9 Å². The van der Waals surface area contributed by atoms with Crippen LogP contribution in [0.1, 0.15) is 32.8 Å². The number of amides is 2. The molecule has 1 fully saturated rings. The average Bonchev–Trinajstić information content (AvgIpc) is 3.46. The predicted octanol–water partition coefficient (Wildman–Crippen LogP) is 4.57. The van der Waals surface area contributed by atoms with E-state index in [9.17, 15) is 18.0 Å². The van der Waals surface area contributed by atoms with Crippen LogP contribution in [0.5, 0.6) is 0 Å². The second-order valence-corrected chi connectivity index (χ2v) is 14.1. The van der Waals surface area contributed by atoms with Crippen molar-refractivity contribution < 1.29 is 18.0 Å². The Morgan fingerprint density at radius 3 is 2.30 bits per heavy atom. The van der Waals surface area contributed by atoms with Gasteiger partial charge in [0.2, 0.25) is 11.9 Å². The SMILES string of the molecule is CC(C)NC(=O)[C@H]1CCN1S(=O)(=O)c1cnc2n1[C@](C)(Cc1ccc(-c3cncnc3)cc1)C(=O)N2c1cc(Cl)cc(Cl)c1. The number of benzene rings is 2. The van der Waals surface area contributed by atoms with Gasteiger partial charge in [0, 0.05) is 47.0 Å². The Morgan fingerprint density at radius 2 is 1.70 bits per heavy atom. The third-order valence-corrected chi connectivity index (χ3v) is 10.2. The number of hydrogen-bond acceptors (Lipinski definition) is 7. The number of anilines is 2. The molecule has 228 valence electrons. The number of aromatic nitrogens is 4. The van der Waals surface area contributed by atoms with E-state index < -0.39 is 27.5 Å². The van der Waals surface area contributed by atoms with E-state index >= 15 is 0 Å². The number of nitrogens with zero attached hydrogens (tertiary/aromatic N) is 6. The molecule has 0 unspecified atom stereocenters. The van der Waals surface area contributed by atoms with Gasteiger partial charge in [-0.3, -0.25) is 14.2 Å². The molecule has 0 radical (unpaired) electrons. The lowest BCUT2D eigenvalue weighted by Gasteiger charge is -2.39. The largest absolute Gasteiger partial charge is 0.353 e. The quantitative estimate of drug-likeness (QED) is 0.295. The molecular formula is C30H29Cl2N7O4S. The molecule has 0 bridgehead atoms. The summed E-state index contributed by atoms with van der Waals surface area (Å²) in [6.07, 6.45) is 6.64. The summed E-state index contributed by atoms with van der Waals surface area (Å²) in [7, 11) is -4.24. The lowest BCUT2D eigenvalue weighted by atomic mass is 9.91. The van der Waals surface area contributed by atoms with Crippen LogP contribution >= 0.6 is 23.2 Å². The van der Waals surface area contributed by atoms with Gasteiger partial charge in [0.15, 0.2) is 5.03 Å². The molecule has 2 amide bonds. The summed E-state index contributed by atoms with van der Waals surface area (Å²) in [4.78, 5) is 41.1. The first-order valence-corrected chi connectivity index (χ1v) is 16.1. The van der Waals surface area contributed by atoms with Crippen molar-refractivity contribution in [1.29, 1.82) is 0 Å². The Bertz CT molecular complexity index is 1850. The molecule has 2 aromatic carbocycles. The van der Waals surface area contributed by atoms with Crippen molar-refractivity contribution in [3.63, 3.8) is 0 Å². The summed E-state index contributed by atoms with van der Waals surface area (Å²) in [5, 5.41) is 3.22. The van der Waals surface area contributed by atoms with Crippen LogP contribution in [-0.4, -0.2) is 62.7 Å². The average molecular weight is 655 g/mol. The molecule has 0 spiro atoms. The van der Waals surface area contributed by atoms with Gasteiger partial charge in [-0.2, -0.15) is 4.31 Å². The van der Waals surface area contributed by atoms with Crippen molar-refractivity contribution in [2.24, 2.45) is 0 Å². The third-order valence-electron chi connectivity index (χ3n) is 7.85. The molecule has 2 atom stereocenters. The molecule has 1 N–H and O–H groups in total. The van der Waals surface area contributed by atoms with Gasteiger partial charge in [0.25, 0.3) is 15.9 Å². The van der Waals surface area contributed by atoms with Crippen LogP contribution in [-0.2, 0) is 31.6 Å². The molecule has 0 saturated carbocycles. The number of carbonyl (C=O) groups excluding carboxylic acids is 2. The number of halogens is 2. The highest BCUT2D eigenvalue weighted by Gasteiger charge is 2.54. The first-order chi connectivity index (χ1) is 20.9. The van der Waals surface area contributed by atoms with E-state index in [4.69, 9.17) is 23.2 Å². The maximum Gasteiger partial charge on any atom is 0.261 e. The Kier molecular flexibility index (Phi) is 7.73. The van der Waals surface area contributed by atoms with Gasteiger partial charge in [-0.15, -0.1) is 0 Å². The molecule has 44 heavy (non-hydrogen) atoms. The maximum absolute atomic E-state index is 14.4. The van der Waals surface area contributed by atoms with Gasteiger partial charge in [-0.05, 0) is 56.5 Å². The van der Waals surface area contributed by atoms with Crippen LogP contribution < -0.4 is 10.2 Å². The van der Waals surface area contributed by atoms with Crippen molar-refractivity contribution in [1.82, 2.24) is 29.1 Å². The molecule has 1 saturated heterocycles. The Morgan fingerprint density at radius 1 is 1.05 bits per heavy atom. The van der Waals surface area contributed by atoms with Crippen molar-refractivity contribution in [3.05, 3.63) is 83.0 Å². The van der Waals surface area contributed by atoms with Crippen LogP contribution in [0.25, 0.3) is 11.1 Å². The minimum Gasteiger partial charge on any atom is -0.353 e. The minimum atomic E-state index is -4.24. The number of carbonyl (C=O) groups is 2. The van der Waals surface area contributed by atoms with Crippen LogP contribution in [0.15, 0.2) is 72.4 Å². The van der Waals surface area contributed by atoms with Gasteiger partial charge in [-0.1, -0.05) is 47.5 Å². The molecule has 4 heterocycles. The highest BCUT2D eigenvalue weighted by Crippen LogP contribution is 2.45. The smallest absolute Gasteiger partial charge is 0.261 e. The van der Waals surface area contributed by atoms with Crippen LogP contribution in [0.2, 0.25) is 10.0 Å². The molecule has 14 heteroatoms. The van der Waals surface area contributed by atoms with E-state index in [-0.39, 0.29) is 35.9 Å². The summed E-state index contributed by atoms with van der Waals surface area (Å²) >= 11 is 12.6. The Balaban J connectivity index is 1.43. The molecule has 6 rings (SSSR count). The second kappa shape index (κ2) is 11.3. The number of rotatable bonds is 8. The molecule has 2 aliphatic heterocycles. The summed E-state index contributed by atoms with van der Waals surface area (Å²) < 4.78 is 30.9. The van der Waals surface area contributed by atoms with E-state index in [0.29, 0.717) is 22.2 Å². The highest BCUT2D eigenvalue weighted by molar-refractivity contribution is 7.89. The third kappa shape index (κ3) is 5.15. The topological polar surface area (TPSA) is 130 Å².